The number of aromatic amines is 2. The molecule has 0 saturated carbocycles. The molecule has 16 heteroatoms. The SMILES string of the molecule is C[C@@H](COCc1cc(CNc2ncc(OC(F)F)cn2)[nH]n1)Nc1cn[nH]c(=O)c1C(F)(F)F. The van der Waals surface area contributed by atoms with Gasteiger partial charge in [-0.3, -0.25) is 9.89 Å². The lowest BCUT2D eigenvalue weighted by atomic mass is 10.2. The van der Waals surface area contributed by atoms with Crippen molar-refractivity contribution in [1.82, 2.24) is 30.4 Å². The van der Waals surface area contributed by atoms with Crippen LogP contribution in [0.4, 0.5) is 33.6 Å². The molecular formula is C18H19F5N8O3. The molecule has 0 aliphatic rings. The minimum Gasteiger partial charge on any atom is -0.432 e. The Kier molecular flexibility index (Phi) is 7.93. The first-order chi connectivity index (χ1) is 16.1. The Morgan fingerprint density at radius 2 is 1.88 bits per heavy atom. The third-order valence-electron chi connectivity index (χ3n) is 4.13. The molecule has 0 saturated heterocycles. The van der Waals surface area contributed by atoms with Crippen LogP contribution in [0.15, 0.2) is 29.5 Å². The highest BCUT2D eigenvalue weighted by molar-refractivity contribution is 5.50. The Morgan fingerprint density at radius 1 is 1.15 bits per heavy atom. The van der Waals surface area contributed by atoms with Crippen molar-refractivity contribution in [1.29, 1.82) is 0 Å². The molecule has 0 aromatic carbocycles. The minimum atomic E-state index is -4.84. The van der Waals surface area contributed by atoms with E-state index in [0.29, 0.717) is 11.4 Å². The number of ether oxygens (including phenoxy) is 2. The summed E-state index contributed by atoms with van der Waals surface area (Å²) in [7, 11) is 0. The van der Waals surface area contributed by atoms with Crippen LogP contribution in [-0.2, 0) is 24.1 Å². The average Bonchev–Trinajstić information content (AvgIpc) is 3.19. The van der Waals surface area contributed by atoms with Gasteiger partial charge in [-0.15, -0.1) is 0 Å². The molecule has 3 heterocycles. The molecule has 3 rings (SSSR count). The Labute approximate surface area is 188 Å². The summed E-state index contributed by atoms with van der Waals surface area (Å²) in [6, 6.07) is 1.11. The Hall–Kier alpha value is -3.82. The lowest BCUT2D eigenvalue weighted by Gasteiger charge is -2.18. The first-order valence-electron chi connectivity index (χ1n) is 9.65. The summed E-state index contributed by atoms with van der Waals surface area (Å²) in [5.41, 5.74) is -1.98. The Bertz CT molecular complexity index is 1120. The van der Waals surface area contributed by atoms with Gasteiger partial charge in [0.25, 0.3) is 5.56 Å². The highest BCUT2D eigenvalue weighted by Crippen LogP contribution is 2.31. The van der Waals surface area contributed by atoms with Gasteiger partial charge in [0.1, 0.15) is 5.56 Å². The fraction of sp³-hybridized carbons (Fsp3) is 0.389. The summed E-state index contributed by atoms with van der Waals surface area (Å²) in [4.78, 5) is 19.2. The highest BCUT2D eigenvalue weighted by atomic mass is 19.4. The van der Waals surface area contributed by atoms with Gasteiger partial charge in [-0.05, 0) is 13.0 Å². The molecule has 0 aliphatic carbocycles. The number of nitrogens with zero attached hydrogens (tertiary/aromatic N) is 4. The number of nitrogens with one attached hydrogen (secondary N) is 4. The minimum absolute atomic E-state index is 0.0193. The van der Waals surface area contributed by atoms with Gasteiger partial charge in [0.15, 0.2) is 5.75 Å². The zero-order valence-electron chi connectivity index (χ0n) is 17.5. The third-order valence-corrected chi connectivity index (χ3v) is 4.13. The van der Waals surface area contributed by atoms with E-state index in [1.807, 2.05) is 0 Å². The smallest absolute Gasteiger partial charge is 0.423 e. The van der Waals surface area contributed by atoms with Crippen LogP contribution in [0.5, 0.6) is 5.75 Å². The van der Waals surface area contributed by atoms with Crippen LogP contribution in [0.1, 0.15) is 23.9 Å². The van der Waals surface area contributed by atoms with Crippen molar-refractivity contribution < 1.29 is 31.4 Å². The van der Waals surface area contributed by atoms with E-state index >= 15 is 0 Å². The van der Waals surface area contributed by atoms with Gasteiger partial charge in [0, 0.05) is 6.04 Å². The van der Waals surface area contributed by atoms with Crippen LogP contribution < -0.4 is 20.9 Å². The van der Waals surface area contributed by atoms with Crippen molar-refractivity contribution >= 4 is 11.6 Å². The summed E-state index contributed by atoms with van der Waals surface area (Å²) in [5.74, 6) is 0.0107. The largest absolute Gasteiger partial charge is 0.432 e. The van der Waals surface area contributed by atoms with Crippen molar-refractivity contribution in [3.8, 4) is 5.75 Å². The quantitative estimate of drug-likeness (QED) is 0.298. The Morgan fingerprint density at radius 3 is 2.56 bits per heavy atom. The van der Waals surface area contributed by atoms with E-state index in [0.717, 1.165) is 18.6 Å². The first-order valence-corrected chi connectivity index (χ1v) is 9.65. The molecule has 3 aromatic heterocycles. The second-order valence-electron chi connectivity index (χ2n) is 6.91. The van der Waals surface area contributed by atoms with Gasteiger partial charge in [-0.1, -0.05) is 0 Å². The monoisotopic (exact) mass is 490 g/mol. The van der Waals surface area contributed by atoms with Crippen LogP contribution in [-0.4, -0.2) is 49.6 Å². The molecule has 0 aliphatic heterocycles. The van der Waals surface area contributed by atoms with Crippen LogP contribution in [0.3, 0.4) is 0 Å². The highest BCUT2D eigenvalue weighted by Gasteiger charge is 2.37. The summed E-state index contributed by atoms with van der Waals surface area (Å²) in [6.07, 6.45) is -1.76. The van der Waals surface area contributed by atoms with Crippen LogP contribution in [0, 0.1) is 0 Å². The van der Waals surface area contributed by atoms with Crippen molar-refractivity contribution in [2.75, 3.05) is 17.2 Å². The number of rotatable bonds is 11. The van der Waals surface area contributed by atoms with Crippen molar-refractivity contribution in [3.05, 3.63) is 52.0 Å². The molecule has 0 amide bonds. The van der Waals surface area contributed by atoms with Gasteiger partial charge in [0.2, 0.25) is 5.95 Å². The molecule has 0 unspecified atom stereocenters. The van der Waals surface area contributed by atoms with Gasteiger partial charge in [-0.25, -0.2) is 15.1 Å². The fourth-order valence-electron chi connectivity index (χ4n) is 2.76. The van der Waals surface area contributed by atoms with Gasteiger partial charge >= 0.3 is 12.8 Å². The molecule has 0 bridgehead atoms. The second kappa shape index (κ2) is 10.9. The number of hydrogen-bond acceptors (Lipinski definition) is 9. The van der Waals surface area contributed by atoms with Crippen LogP contribution in [0.25, 0.3) is 0 Å². The van der Waals surface area contributed by atoms with Gasteiger partial charge in [0.05, 0.1) is 55.4 Å². The first kappa shape index (κ1) is 24.8. The summed E-state index contributed by atoms with van der Waals surface area (Å²) in [6.45, 7) is -1.05. The summed E-state index contributed by atoms with van der Waals surface area (Å²) < 4.78 is 73.2. The molecule has 4 N–H and O–H groups in total. The number of anilines is 2. The van der Waals surface area contributed by atoms with E-state index in [9.17, 15) is 26.7 Å². The van der Waals surface area contributed by atoms with Crippen LogP contribution in [0.2, 0.25) is 0 Å². The second-order valence-corrected chi connectivity index (χ2v) is 6.91. The van der Waals surface area contributed by atoms with Crippen molar-refractivity contribution in [2.45, 2.75) is 38.9 Å². The lowest BCUT2D eigenvalue weighted by molar-refractivity contribution is -0.138. The average molecular weight is 490 g/mol. The van der Waals surface area contributed by atoms with Gasteiger partial charge in [-0.2, -0.15) is 32.1 Å². The van der Waals surface area contributed by atoms with Crippen molar-refractivity contribution in [2.24, 2.45) is 0 Å². The van der Waals surface area contributed by atoms with E-state index in [4.69, 9.17) is 4.74 Å². The number of halogens is 5. The van der Waals surface area contributed by atoms with Gasteiger partial charge < -0.3 is 20.1 Å². The molecule has 1 atom stereocenters. The van der Waals surface area contributed by atoms with Crippen molar-refractivity contribution in [3.63, 3.8) is 0 Å². The molecular weight excluding hydrogens is 471 g/mol. The molecule has 0 radical (unpaired) electrons. The third kappa shape index (κ3) is 7.09. The predicted octanol–water partition coefficient (Wildman–Crippen LogP) is 2.53. The van der Waals surface area contributed by atoms with E-state index in [1.165, 1.54) is 0 Å². The van der Waals surface area contributed by atoms with E-state index < -0.39 is 35.6 Å². The molecule has 34 heavy (non-hydrogen) atoms. The predicted molar refractivity (Wildman–Crippen MR) is 107 cm³/mol. The topological polar surface area (TPSA) is 143 Å². The zero-order chi connectivity index (χ0) is 24.7. The molecule has 11 nitrogen and oxygen atoms in total. The Balaban J connectivity index is 1.45. The standard InChI is InChI=1S/C18H19F5N8O3/c1-9(28-13-6-27-31-15(32)14(13)18(21,22)23)7-33-8-11-2-10(29-30-11)3-24-17-25-4-12(5-26-17)34-16(19)20/h2,4-6,9,16H,3,7-8H2,1H3,(H,29,30)(H,24,25,26)(H2,28,31,32)/t9-/m0/s1. The molecule has 0 fully saturated rings. The normalized spacial score (nSPS) is 12.6. The number of aromatic nitrogens is 6. The molecule has 3 aromatic rings. The number of hydrogen-bond donors (Lipinski definition) is 4. The molecule has 0 spiro atoms. The summed E-state index contributed by atoms with van der Waals surface area (Å²) >= 11 is 0. The van der Waals surface area contributed by atoms with E-state index in [1.54, 1.807) is 18.1 Å². The summed E-state index contributed by atoms with van der Waals surface area (Å²) in [5, 5.41) is 17.4. The number of alkyl halides is 5. The zero-order valence-corrected chi connectivity index (χ0v) is 17.5. The fourth-order valence-corrected chi connectivity index (χ4v) is 2.76. The maximum Gasteiger partial charge on any atom is 0.423 e. The van der Waals surface area contributed by atoms with E-state index in [-0.39, 0.29) is 31.5 Å². The van der Waals surface area contributed by atoms with E-state index in [2.05, 4.69) is 40.6 Å². The number of H-pyrrole nitrogens is 2. The molecule has 184 valence electrons. The maximum absolute atomic E-state index is 13.1. The lowest BCUT2D eigenvalue weighted by Crippen LogP contribution is -2.29. The maximum atomic E-state index is 13.1. The van der Waals surface area contributed by atoms with Crippen LogP contribution >= 0.6 is 0 Å².